The van der Waals surface area contributed by atoms with Crippen LogP contribution in [0, 0.1) is 0 Å². The summed E-state index contributed by atoms with van der Waals surface area (Å²) in [6.45, 7) is 1.59. The minimum absolute atomic E-state index is 0.757. The van der Waals surface area contributed by atoms with Crippen molar-refractivity contribution in [3.05, 3.63) is 42.0 Å². The Balaban J connectivity index is 1.89. The lowest BCUT2D eigenvalue weighted by Gasteiger charge is -1.99. The zero-order valence-corrected chi connectivity index (χ0v) is 9.30. The van der Waals surface area contributed by atoms with Gasteiger partial charge in [0.25, 0.3) is 0 Å². The molecule has 5 nitrogen and oxygen atoms in total. The van der Waals surface area contributed by atoms with Gasteiger partial charge in [-0.25, -0.2) is 0 Å². The fourth-order valence-electron chi connectivity index (χ4n) is 1.50. The molecule has 0 fully saturated rings. The van der Waals surface area contributed by atoms with Crippen LogP contribution in [0.25, 0.3) is 0 Å². The second kappa shape index (κ2) is 5.37. The van der Waals surface area contributed by atoms with Crippen molar-refractivity contribution in [3.8, 4) is 0 Å². The second-order valence-corrected chi connectivity index (χ2v) is 3.61. The molecule has 0 aromatic carbocycles. The lowest BCUT2D eigenvalue weighted by Crippen LogP contribution is -2.05. The third-order valence-electron chi connectivity index (χ3n) is 2.30. The Morgan fingerprint density at radius 2 is 2.38 bits per heavy atom. The standard InChI is InChI=1S/C11H15N5/c1-12-8-11-9-16(15-14-11)6-4-10-3-2-5-13-7-10/h2-3,5,7,9,12H,4,6,8H2,1H3. The third-order valence-corrected chi connectivity index (χ3v) is 2.30. The predicted molar refractivity (Wildman–Crippen MR) is 60.7 cm³/mol. The van der Waals surface area contributed by atoms with Gasteiger partial charge in [-0.05, 0) is 25.1 Å². The average Bonchev–Trinajstić information content (AvgIpc) is 2.76. The van der Waals surface area contributed by atoms with Crippen molar-refractivity contribution in [2.24, 2.45) is 0 Å². The molecule has 0 aliphatic carbocycles. The maximum absolute atomic E-state index is 4.08. The van der Waals surface area contributed by atoms with Crippen LogP contribution in [-0.4, -0.2) is 27.0 Å². The van der Waals surface area contributed by atoms with E-state index in [1.165, 1.54) is 5.56 Å². The second-order valence-electron chi connectivity index (χ2n) is 3.61. The van der Waals surface area contributed by atoms with Gasteiger partial charge in [-0.1, -0.05) is 11.3 Å². The number of rotatable bonds is 5. The first-order valence-electron chi connectivity index (χ1n) is 5.31. The Hall–Kier alpha value is -1.75. The van der Waals surface area contributed by atoms with Crippen molar-refractivity contribution in [2.45, 2.75) is 19.5 Å². The van der Waals surface area contributed by atoms with Crippen LogP contribution in [0.15, 0.2) is 30.7 Å². The minimum Gasteiger partial charge on any atom is -0.314 e. The van der Waals surface area contributed by atoms with E-state index >= 15 is 0 Å². The number of hydrogen-bond acceptors (Lipinski definition) is 4. The molecule has 0 radical (unpaired) electrons. The molecule has 0 bridgehead atoms. The van der Waals surface area contributed by atoms with Gasteiger partial charge in [0.15, 0.2) is 0 Å². The largest absolute Gasteiger partial charge is 0.314 e. The van der Waals surface area contributed by atoms with E-state index in [0.717, 1.165) is 25.2 Å². The summed E-state index contributed by atoms with van der Waals surface area (Å²) < 4.78 is 1.86. The van der Waals surface area contributed by atoms with Crippen molar-refractivity contribution in [1.82, 2.24) is 25.3 Å². The summed E-state index contributed by atoms with van der Waals surface area (Å²) in [7, 11) is 1.90. The molecule has 0 saturated carbocycles. The van der Waals surface area contributed by atoms with Gasteiger partial charge < -0.3 is 5.32 Å². The molecule has 2 rings (SSSR count). The smallest absolute Gasteiger partial charge is 0.0964 e. The fraction of sp³-hybridized carbons (Fsp3) is 0.364. The number of hydrogen-bond donors (Lipinski definition) is 1. The Morgan fingerprint density at radius 3 is 3.12 bits per heavy atom. The van der Waals surface area contributed by atoms with E-state index in [1.807, 2.05) is 30.2 Å². The molecule has 5 heteroatoms. The van der Waals surface area contributed by atoms with Gasteiger partial charge in [-0.3, -0.25) is 9.67 Å². The van der Waals surface area contributed by atoms with E-state index in [-0.39, 0.29) is 0 Å². The SMILES string of the molecule is CNCc1cn(CCc2cccnc2)nn1. The number of nitrogens with zero attached hydrogens (tertiary/aromatic N) is 4. The highest BCUT2D eigenvalue weighted by Crippen LogP contribution is 2.00. The summed E-state index contributed by atoms with van der Waals surface area (Å²) in [5.41, 5.74) is 2.18. The van der Waals surface area contributed by atoms with E-state index in [4.69, 9.17) is 0 Å². The first-order valence-corrected chi connectivity index (χ1v) is 5.31. The first-order chi connectivity index (χ1) is 7.88. The zero-order chi connectivity index (χ0) is 11.2. The van der Waals surface area contributed by atoms with E-state index in [1.54, 1.807) is 6.20 Å². The fourth-order valence-corrected chi connectivity index (χ4v) is 1.50. The van der Waals surface area contributed by atoms with Gasteiger partial charge >= 0.3 is 0 Å². The van der Waals surface area contributed by atoms with Gasteiger partial charge in [-0.15, -0.1) is 5.10 Å². The number of aryl methyl sites for hydroxylation is 2. The quantitative estimate of drug-likeness (QED) is 0.798. The Morgan fingerprint density at radius 1 is 1.44 bits per heavy atom. The monoisotopic (exact) mass is 217 g/mol. The van der Waals surface area contributed by atoms with Gasteiger partial charge in [0.1, 0.15) is 0 Å². The molecule has 0 spiro atoms. The highest BCUT2D eigenvalue weighted by atomic mass is 15.4. The van der Waals surface area contributed by atoms with Crippen molar-refractivity contribution in [1.29, 1.82) is 0 Å². The van der Waals surface area contributed by atoms with Crippen molar-refractivity contribution < 1.29 is 0 Å². The average molecular weight is 217 g/mol. The maximum Gasteiger partial charge on any atom is 0.0964 e. The van der Waals surface area contributed by atoms with Crippen LogP contribution < -0.4 is 5.32 Å². The molecule has 1 N–H and O–H groups in total. The molecular weight excluding hydrogens is 202 g/mol. The van der Waals surface area contributed by atoms with Gasteiger partial charge in [-0.2, -0.15) is 0 Å². The Labute approximate surface area is 94.5 Å². The number of nitrogens with one attached hydrogen (secondary N) is 1. The van der Waals surface area contributed by atoms with Crippen molar-refractivity contribution in [3.63, 3.8) is 0 Å². The summed E-state index contributed by atoms with van der Waals surface area (Å²) in [4.78, 5) is 4.08. The molecule has 0 saturated heterocycles. The molecule has 2 aromatic heterocycles. The molecule has 84 valence electrons. The highest BCUT2D eigenvalue weighted by molar-refractivity contribution is 5.08. The Kier molecular flexibility index (Phi) is 3.61. The Bertz CT molecular complexity index is 423. The first kappa shape index (κ1) is 10.8. The molecule has 2 heterocycles. The van der Waals surface area contributed by atoms with Crippen LogP contribution >= 0.6 is 0 Å². The van der Waals surface area contributed by atoms with Crippen LogP contribution in [0.3, 0.4) is 0 Å². The van der Waals surface area contributed by atoms with Gasteiger partial charge in [0.05, 0.1) is 5.69 Å². The van der Waals surface area contributed by atoms with Crippen LogP contribution in [0.4, 0.5) is 0 Å². The molecule has 16 heavy (non-hydrogen) atoms. The van der Waals surface area contributed by atoms with Crippen LogP contribution in [-0.2, 0) is 19.5 Å². The maximum atomic E-state index is 4.08. The third kappa shape index (κ3) is 2.87. The summed E-state index contributed by atoms with van der Waals surface area (Å²) in [6, 6.07) is 4.02. The van der Waals surface area contributed by atoms with E-state index in [9.17, 15) is 0 Å². The zero-order valence-electron chi connectivity index (χ0n) is 9.30. The molecule has 2 aromatic rings. The summed E-state index contributed by atoms with van der Waals surface area (Å²) in [5, 5.41) is 11.2. The molecule has 0 amide bonds. The lowest BCUT2D eigenvalue weighted by atomic mass is 10.2. The van der Waals surface area contributed by atoms with E-state index in [0.29, 0.717) is 0 Å². The van der Waals surface area contributed by atoms with Gasteiger partial charge in [0.2, 0.25) is 0 Å². The van der Waals surface area contributed by atoms with Crippen LogP contribution in [0.5, 0.6) is 0 Å². The molecule has 0 unspecified atom stereocenters. The minimum atomic E-state index is 0.757. The van der Waals surface area contributed by atoms with Crippen molar-refractivity contribution >= 4 is 0 Å². The summed E-state index contributed by atoms with van der Waals surface area (Å²) in [6.07, 6.45) is 6.55. The molecule has 0 aliphatic heterocycles. The predicted octanol–water partition coefficient (Wildman–Crippen LogP) is 0.635. The van der Waals surface area contributed by atoms with Crippen molar-refractivity contribution in [2.75, 3.05) is 7.05 Å². The van der Waals surface area contributed by atoms with Crippen LogP contribution in [0.2, 0.25) is 0 Å². The molecule has 0 atom stereocenters. The van der Waals surface area contributed by atoms with E-state index in [2.05, 4.69) is 26.7 Å². The molecular formula is C11H15N5. The summed E-state index contributed by atoms with van der Waals surface area (Å²) in [5.74, 6) is 0. The van der Waals surface area contributed by atoms with Gasteiger partial charge in [0, 0.05) is 31.7 Å². The highest BCUT2D eigenvalue weighted by Gasteiger charge is 1.99. The summed E-state index contributed by atoms with van der Waals surface area (Å²) >= 11 is 0. The normalized spacial score (nSPS) is 10.6. The van der Waals surface area contributed by atoms with Crippen LogP contribution in [0.1, 0.15) is 11.3 Å². The number of pyridine rings is 1. The van der Waals surface area contributed by atoms with E-state index < -0.39 is 0 Å². The number of aromatic nitrogens is 4. The topological polar surface area (TPSA) is 55.6 Å². The molecule has 0 aliphatic rings. The lowest BCUT2D eigenvalue weighted by molar-refractivity contribution is 0.588.